The van der Waals surface area contributed by atoms with Crippen molar-refractivity contribution >= 4 is 6.08 Å². The number of hydrogen-bond donors (Lipinski definition) is 0. The van der Waals surface area contributed by atoms with Crippen LogP contribution in [0.4, 0.5) is 0 Å². The van der Waals surface area contributed by atoms with Gasteiger partial charge in [0.15, 0.2) is 0 Å². The molecule has 0 fully saturated rings. The zero-order chi connectivity index (χ0) is 9.68. The fraction of sp³-hybridized carbons (Fsp3) is 0.111. The highest BCUT2D eigenvalue weighted by molar-refractivity contribution is 5.52. The molecule has 0 aliphatic carbocycles. The molecule has 0 radical (unpaired) electrons. The lowest BCUT2D eigenvalue weighted by Crippen LogP contribution is -2.12. The molecule has 1 aromatic carbocycles. The van der Waals surface area contributed by atoms with E-state index in [1.54, 1.807) is 30.3 Å². The minimum absolute atomic E-state index is 0.454. The third-order valence-corrected chi connectivity index (χ3v) is 1.64. The van der Waals surface area contributed by atoms with Crippen molar-refractivity contribution in [1.82, 2.24) is 0 Å². The van der Waals surface area contributed by atoms with Gasteiger partial charge in [-0.2, -0.15) is 0 Å². The summed E-state index contributed by atoms with van der Waals surface area (Å²) in [6.45, 7) is 3.56. The molecule has 0 spiro atoms. The van der Waals surface area contributed by atoms with E-state index in [2.05, 4.69) is 16.6 Å². The molecule has 0 aliphatic rings. The summed E-state index contributed by atoms with van der Waals surface area (Å²) in [5.41, 5.74) is 9.25. The summed E-state index contributed by atoms with van der Waals surface area (Å²) >= 11 is 0. The fourth-order valence-corrected chi connectivity index (χ4v) is 1.03. The molecule has 1 unspecified atom stereocenters. The molecule has 0 saturated carbocycles. The highest BCUT2D eigenvalue weighted by Gasteiger charge is 1.99. The fourth-order valence-electron chi connectivity index (χ4n) is 1.03. The Hall–Kier alpha value is -1.77. The lowest BCUT2D eigenvalue weighted by atomic mass is 10.1. The van der Waals surface area contributed by atoms with E-state index < -0.39 is 6.23 Å². The average molecular weight is 174 g/mol. The molecule has 0 aromatic heterocycles. The second kappa shape index (κ2) is 4.30. The van der Waals surface area contributed by atoms with Crippen LogP contribution in [0.25, 0.3) is 16.5 Å². The highest BCUT2D eigenvalue weighted by Crippen LogP contribution is 2.17. The molecule has 0 saturated heterocycles. The van der Waals surface area contributed by atoms with Crippen LogP contribution in [-0.4, -0.2) is 0 Å². The van der Waals surface area contributed by atoms with Crippen molar-refractivity contribution in [3.8, 4) is 0 Å². The van der Waals surface area contributed by atoms with E-state index in [-0.39, 0.29) is 0 Å². The van der Waals surface area contributed by atoms with Crippen LogP contribution in [0.1, 0.15) is 17.4 Å². The van der Waals surface area contributed by atoms with Gasteiger partial charge in [-0.05, 0) is 22.9 Å². The van der Waals surface area contributed by atoms with E-state index in [9.17, 15) is 5.11 Å². The summed E-state index contributed by atoms with van der Waals surface area (Å²) in [5.74, 6) is 0. The first-order chi connectivity index (χ1) is 6.29. The van der Waals surface area contributed by atoms with Crippen LogP contribution >= 0.6 is 0 Å². The standard InChI is InChI=1S/C9H8N3O/c1-2-7-5-3-4-6-8(7)9(13)11-12-10/h2-6,9H,1H2/q-1. The summed E-state index contributed by atoms with van der Waals surface area (Å²) in [7, 11) is 0. The largest absolute Gasteiger partial charge is 0.845 e. The summed E-state index contributed by atoms with van der Waals surface area (Å²) in [6, 6.07) is 6.90. The van der Waals surface area contributed by atoms with Crippen LogP contribution in [0.5, 0.6) is 0 Å². The van der Waals surface area contributed by atoms with Gasteiger partial charge < -0.3 is 5.11 Å². The van der Waals surface area contributed by atoms with Crippen molar-refractivity contribution < 1.29 is 5.11 Å². The van der Waals surface area contributed by atoms with Crippen LogP contribution in [0.3, 0.4) is 0 Å². The molecule has 1 rings (SSSR count). The van der Waals surface area contributed by atoms with Gasteiger partial charge in [-0.1, -0.05) is 36.9 Å². The Morgan fingerprint density at radius 1 is 1.54 bits per heavy atom. The minimum atomic E-state index is -1.39. The van der Waals surface area contributed by atoms with Crippen molar-refractivity contribution in [3.63, 3.8) is 0 Å². The number of azide groups is 1. The summed E-state index contributed by atoms with van der Waals surface area (Å²) in [5, 5.41) is 14.3. The van der Waals surface area contributed by atoms with E-state index in [0.717, 1.165) is 0 Å². The smallest absolute Gasteiger partial charge is 0.000176 e. The molecule has 4 heteroatoms. The molecule has 0 N–H and O–H groups in total. The Kier molecular flexibility index (Phi) is 3.09. The lowest BCUT2D eigenvalue weighted by Gasteiger charge is -2.18. The second-order valence-electron chi connectivity index (χ2n) is 2.39. The average Bonchev–Trinajstić information content (AvgIpc) is 2.18. The van der Waals surface area contributed by atoms with E-state index in [1.807, 2.05) is 0 Å². The molecular weight excluding hydrogens is 166 g/mol. The second-order valence-corrected chi connectivity index (χ2v) is 2.39. The van der Waals surface area contributed by atoms with Gasteiger partial charge in [0.1, 0.15) is 0 Å². The molecule has 1 atom stereocenters. The van der Waals surface area contributed by atoms with Gasteiger partial charge in [0, 0.05) is 4.91 Å². The predicted molar refractivity (Wildman–Crippen MR) is 48.4 cm³/mol. The highest BCUT2D eigenvalue weighted by atomic mass is 16.3. The molecule has 4 nitrogen and oxygen atoms in total. The molecule has 0 amide bonds. The zero-order valence-electron chi connectivity index (χ0n) is 6.92. The summed E-state index contributed by atoms with van der Waals surface area (Å²) in [4.78, 5) is 2.47. The van der Waals surface area contributed by atoms with Crippen molar-refractivity contribution in [2.24, 2.45) is 5.11 Å². The van der Waals surface area contributed by atoms with Crippen molar-refractivity contribution in [2.75, 3.05) is 0 Å². The van der Waals surface area contributed by atoms with Crippen LogP contribution in [0.15, 0.2) is 36.0 Å². The Morgan fingerprint density at radius 2 is 2.23 bits per heavy atom. The van der Waals surface area contributed by atoms with Gasteiger partial charge in [0.25, 0.3) is 0 Å². The maximum atomic E-state index is 11.2. The third kappa shape index (κ3) is 2.08. The molecule has 1 aromatic rings. The van der Waals surface area contributed by atoms with Crippen molar-refractivity contribution in [2.45, 2.75) is 6.23 Å². The maximum Gasteiger partial charge on any atom is 0.000176 e. The first-order valence-electron chi connectivity index (χ1n) is 3.71. The molecule has 0 aliphatic heterocycles. The van der Waals surface area contributed by atoms with Crippen molar-refractivity contribution in [3.05, 3.63) is 52.4 Å². The lowest BCUT2D eigenvalue weighted by molar-refractivity contribution is -0.424. The molecule has 0 bridgehead atoms. The zero-order valence-corrected chi connectivity index (χ0v) is 6.92. The van der Waals surface area contributed by atoms with Gasteiger partial charge in [-0.3, -0.25) is 0 Å². The Balaban J connectivity index is 3.11. The van der Waals surface area contributed by atoms with E-state index in [1.165, 1.54) is 0 Å². The maximum absolute atomic E-state index is 11.2. The van der Waals surface area contributed by atoms with Crippen LogP contribution in [0.2, 0.25) is 0 Å². The van der Waals surface area contributed by atoms with E-state index in [4.69, 9.17) is 5.53 Å². The van der Waals surface area contributed by atoms with E-state index in [0.29, 0.717) is 11.1 Å². The van der Waals surface area contributed by atoms with Crippen LogP contribution in [0, 0.1) is 0 Å². The van der Waals surface area contributed by atoms with Gasteiger partial charge >= 0.3 is 0 Å². The molecule has 13 heavy (non-hydrogen) atoms. The molecule has 66 valence electrons. The Labute approximate surface area is 75.8 Å². The molecular formula is C9H8N3O-. The quantitative estimate of drug-likeness (QED) is 0.392. The minimum Gasteiger partial charge on any atom is -0.845 e. The van der Waals surface area contributed by atoms with Gasteiger partial charge in [0.2, 0.25) is 0 Å². The number of benzene rings is 1. The number of nitrogens with zero attached hydrogens (tertiary/aromatic N) is 3. The summed E-state index contributed by atoms with van der Waals surface area (Å²) < 4.78 is 0. The van der Waals surface area contributed by atoms with Crippen molar-refractivity contribution in [1.29, 1.82) is 0 Å². The van der Waals surface area contributed by atoms with Gasteiger partial charge in [0.05, 0.1) is 0 Å². The third-order valence-electron chi connectivity index (χ3n) is 1.64. The first-order valence-corrected chi connectivity index (χ1v) is 3.71. The Bertz CT molecular complexity index is 356. The predicted octanol–water partition coefficient (Wildman–Crippen LogP) is 2.00. The molecule has 0 heterocycles. The monoisotopic (exact) mass is 174 g/mol. The number of rotatable bonds is 3. The van der Waals surface area contributed by atoms with Gasteiger partial charge in [-0.15, -0.1) is 5.11 Å². The summed E-state index contributed by atoms with van der Waals surface area (Å²) in [6.07, 6.45) is 0.173. The number of hydrogen-bond acceptors (Lipinski definition) is 2. The van der Waals surface area contributed by atoms with Crippen LogP contribution in [-0.2, 0) is 0 Å². The Morgan fingerprint density at radius 3 is 2.85 bits per heavy atom. The normalized spacial score (nSPS) is 11.5. The van der Waals surface area contributed by atoms with Crippen LogP contribution < -0.4 is 5.11 Å². The van der Waals surface area contributed by atoms with E-state index >= 15 is 0 Å². The first kappa shape index (κ1) is 9.32. The van der Waals surface area contributed by atoms with Gasteiger partial charge in [-0.25, -0.2) is 0 Å². The topological polar surface area (TPSA) is 71.8 Å². The SMILES string of the molecule is C=Cc1ccccc1C([O-])N=[N+]=[N-].